The molecule has 3 rings (SSSR count). The summed E-state index contributed by atoms with van der Waals surface area (Å²) in [4.78, 5) is 13.5. The van der Waals surface area contributed by atoms with E-state index < -0.39 is 50.9 Å². The third-order valence-corrected chi connectivity index (χ3v) is 4.08. The van der Waals surface area contributed by atoms with Crippen LogP contribution >= 0.6 is 11.8 Å². The van der Waals surface area contributed by atoms with Crippen LogP contribution in [0.2, 0.25) is 0 Å². The van der Waals surface area contributed by atoms with E-state index in [2.05, 4.69) is 4.98 Å². The fourth-order valence-corrected chi connectivity index (χ4v) is 2.83. The molecule has 2 aromatic carbocycles. The van der Waals surface area contributed by atoms with Crippen molar-refractivity contribution in [1.82, 2.24) is 4.98 Å². The molecule has 0 fully saturated rings. The number of para-hydroxylation sites is 2. The number of fused-ring (bicyclic) bond motifs is 1. The number of Topliss-reactive ketones (excluding diaryl/α,β-unsaturated/α-hetero) is 1. The molecule has 0 aliphatic heterocycles. The number of oxazole rings is 1. The summed E-state index contributed by atoms with van der Waals surface area (Å²) in [5, 5.41) is -0.405. The molecule has 0 saturated carbocycles. The smallest absolute Gasteiger partial charge is 0.431 e. The van der Waals surface area contributed by atoms with Crippen molar-refractivity contribution in [2.75, 3.05) is 0 Å². The van der Waals surface area contributed by atoms with Crippen molar-refractivity contribution in [2.45, 2.75) is 16.3 Å². The zero-order chi connectivity index (χ0) is 19.2. The molecule has 0 aliphatic carbocycles. The van der Waals surface area contributed by atoms with Gasteiger partial charge in [-0.1, -0.05) is 12.1 Å². The number of rotatable bonds is 3. The molecular formula is C15H4F7NO2S. The second kappa shape index (κ2) is 6.31. The number of hydrogen-bond acceptors (Lipinski definition) is 4. The van der Waals surface area contributed by atoms with Crippen LogP contribution in [0.3, 0.4) is 0 Å². The molecule has 0 radical (unpaired) electrons. The van der Waals surface area contributed by atoms with Crippen molar-refractivity contribution in [1.29, 1.82) is 0 Å². The first-order chi connectivity index (χ1) is 12.1. The number of alkyl halides is 3. The minimum absolute atomic E-state index is 0.0225. The average molecular weight is 395 g/mol. The van der Waals surface area contributed by atoms with E-state index in [1.807, 2.05) is 0 Å². The Kier molecular flexibility index (Phi) is 4.42. The van der Waals surface area contributed by atoms with Crippen LogP contribution in [-0.4, -0.2) is 16.9 Å². The molecule has 0 saturated heterocycles. The van der Waals surface area contributed by atoms with Crippen molar-refractivity contribution in [2.24, 2.45) is 0 Å². The monoisotopic (exact) mass is 395 g/mol. The van der Waals surface area contributed by atoms with Gasteiger partial charge < -0.3 is 4.42 Å². The van der Waals surface area contributed by atoms with Gasteiger partial charge in [-0.25, -0.2) is 22.5 Å². The highest BCUT2D eigenvalue weighted by atomic mass is 32.2. The van der Waals surface area contributed by atoms with Gasteiger partial charge in [0.2, 0.25) is 0 Å². The first kappa shape index (κ1) is 18.2. The average Bonchev–Trinajstić information content (AvgIpc) is 2.98. The first-order valence-corrected chi connectivity index (χ1v) is 7.43. The predicted octanol–water partition coefficient (Wildman–Crippen LogP) is 5.28. The minimum Gasteiger partial charge on any atom is -0.431 e. The van der Waals surface area contributed by atoms with E-state index in [1.54, 1.807) is 12.1 Å². The second-order valence-corrected chi connectivity index (χ2v) is 5.80. The number of benzene rings is 2. The minimum atomic E-state index is -5.71. The number of halogens is 7. The predicted molar refractivity (Wildman–Crippen MR) is 74.8 cm³/mol. The van der Waals surface area contributed by atoms with Crippen LogP contribution in [0.15, 0.2) is 38.8 Å². The summed E-state index contributed by atoms with van der Waals surface area (Å²) in [6.45, 7) is 0. The maximum absolute atomic E-state index is 14.0. The summed E-state index contributed by atoms with van der Waals surface area (Å²) in [7, 11) is 0. The Morgan fingerprint density at radius 1 is 0.962 bits per heavy atom. The van der Waals surface area contributed by atoms with Gasteiger partial charge in [0.05, 0.1) is 4.90 Å². The molecule has 1 heterocycles. The molecule has 26 heavy (non-hydrogen) atoms. The SMILES string of the molecule is O=C(c1c(F)c(F)c(Sc2nc3ccccc3o2)c(F)c1F)C(F)(F)F. The summed E-state index contributed by atoms with van der Waals surface area (Å²) in [6.07, 6.45) is -5.71. The van der Waals surface area contributed by atoms with Gasteiger partial charge in [-0.15, -0.1) is 0 Å². The van der Waals surface area contributed by atoms with E-state index in [1.165, 1.54) is 12.1 Å². The van der Waals surface area contributed by atoms with Gasteiger partial charge in [0.15, 0.2) is 28.9 Å². The molecule has 11 heteroatoms. The van der Waals surface area contributed by atoms with Gasteiger partial charge in [-0.05, 0) is 23.9 Å². The van der Waals surface area contributed by atoms with Gasteiger partial charge in [0.25, 0.3) is 11.0 Å². The highest BCUT2D eigenvalue weighted by Gasteiger charge is 2.44. The number of hydrogen-bond donors (Lipinski definition) is 0. The van der Waals surface area contributed by atoms with Crippen LogP contribution in [0.25, 0.3) is 11.1 Å². The lowest BCUT2D eigenvalue weighted by Crippen LogP contribution is -2.26. The number of carbonyl (C=O) groups excluding carboxylic acids is 1. The molecule has 0 amide bonds. The molecule has 0 spiro atoms. The molecular weight excluding hydrogens is 391 g/mol. The van der Waals surface area contributed by atoms with E-state index in [0.717, 1.165) is 0 Å². The normalized spacial score (nSPS) is 12.0. The summed E-state index contributed by atoms with van der Waals surface area (Å²) in [5.41, 5.74) is -1.87. The van der Waals surface area contributed by atoms with Crippen LogP contribution in [0.1, 0.15) is 10.4 Å². The Labute approximate surface area is 143 Å². The maximum Gasteiger partial charge on any atom is 0.455 e. The van der Waals surface area contributed by atoms with Crippen LogP contribution in [0.4, 0.5) is 30.7 Å². The standard InChI is InChI=1S/C15H4F7NO2S/c16-8-7(13(24)15(20,21)22)9(17)11(19)12(10(8)18)26-14-23-5-3-1-2-4-6(5)25-14/h1-4H. The van der Waals surface area contributed by atoms with E-state index in [0.29, 0.717) is 0 Å². The van der Waals surface area contributed by atoms with Crippen molar-refractivity contribution in [3.05, 3.63) is 53.1 Å². The number of carbonyl (C=O) groups is 1. The Morgan fingerprint density at radius 3 is 2.08 bits per heavy atom. The Hall–Kier alpha value is -2.56. The lowest BCUT2D eigenvalue weighted by atomic mass is 10.1. The quantitative estimate of drug-likeness (QED) is 0.344. The van der Waals surface area contributed by atoms with Crippen molar-refractivity contribution < 1.29 is 39.9 Å². The third-order valence-electron chi connectivity index (χ3n) is 3.17. The van der Waals surface area contributed by atoms with Crippen LogP contribution in [-0.2, 0) is 0 Å². The second-order valence-electron chi connectivity index (χ2n) is 4.84. The molecule has 0 aliphatic rings. The van der Waals surface area contributed by atoms with Gasteiger partial charge in [0.1, 0.15) is 11.1 Å². The first-order valence-electron chi connectivity index (χ1n) is 6.62. The molecule has 136 valence electrons. The van der Waals surface area contributed by atoms with Crippen LogP contribution < -0.4 is 0 Å². The topological polar surface area (TPSA) is 43.1 Å². The highest BCUT2D eigenvalue weighted by molar-refractivity contribution is 7.99. The fourth-order valence-electron chi connectivity index (χ4n) is 2.02. The van der Waals surface area contributed by atoms with Crippen LogP contribution in [0, 0.1) is 23.3 Å². The van der Waals surface area contributed by atoms with E-state index >= 15 is 0 Å². The highest BCUT2D eigenvalue weighted by Crippen LogP contribution is 2.38. The van der Waals surface area contributed by atoms with E-state index in [-0.39, 0.29) is 22.9 Å². The summed E-state index contributed by atoms with van der Waals surface area (Å²) in [6, 6.07) is 6.10. The molecule has 3 aromatic rings. The van der Waals surface area contributed by atoms with Crippen molar-refractivity contribution >= 4 is 28.6 Å². The molecule has 0 unspecified atom stereocenters. The van der Waals surface area contributed by atoms with Gasteiger partial charge >= 0.3 is 6.18 Å². The largest absolute Gasteiger partial charge is 0.455 e. The lowest BCUT2D eigenvalue weighted by molar-refractivity contribution is -0.0890. The Balaban J connectivity index is 2.10. The number of nitrogens with zero attached hydrogens (tertiary/aromatic N) is 1. The molecule has 1 aromatic heterocycles. The molecule has 0 bridgehead atoms. The number of ketones is 1. The maximum atomic E-state index is 14.0. The molecule has 0 atom stereocenters. The zero-order valence-electron chi connectivity index (χ0n) is 12.1. The van der Waals surface area contributed by atoms with Gasteiger partial charge in [0, 0.05) is 0 Å². The summed E-state index contributed by atoms with van der Waals surface area (Å²) in [5.74, 6) is -12.3. The Morgan fingerprint density at radius 2 is 1.54 bits per heavy atom. The Bertz CT molecular complexity index is 967. The van der Waals surface area contributed by atoms with Crippen molar-refractivity contribution in [3.63, 3.8) is 0 Å². The van der Waals surface area contributed by atoms with Crippen molar-refractivity contribution in [3.8, 4) is 0 Å². The molecule has 3 nitrogen and oxygen atoms in total. The summed E-state index contributed by atoms with van der Waals surface area (Å²) < 4.78 is 97.9. The third kappa shape index (κ3) is 3.02. The van der Waals surface area contributed by atoms with E-state index in [9.17, 15) is 35.5 Å². The molecule has 0 N–H and O–H groups in total. The van der Waals surface area contributed by atoms with Gasteiger partial charge in [-0.2, -0.15) is 13.2 Å². The van der Waals surface area contributed by atoms with Crippen LogP contribution in [0.5, 0.6) is 0 Å². The van der Waals surface area contributed by atoms with Gasteiger partial charge in [-0.3, -0.25) is 4.79 Å². The fraction of sp³-hybridized carbons (Fsp3) is 0.0667. The summed E-state index contributed by atoms with van der Waals surface area (Å²) >= 11 is 0.0225. The lowest BCUT2D eigenvalue weighted by Gasteiger charge is -2.11. The van der Waals surface area contributed by atoms with E-state index in [4.69, 9.17) is 4.42 Å². The zero-order valence-corrected chi connectivity index (χ0v) is 12.9. The number of aromatic nitrogens is 1.